The lowest BCUT2D eigenvalue weighted by molar-refractivity contribution is -0.136. The molecule has 174 valence electrons. The van der Waals surface area contributed by atoms with E-state index in [1.54, 1.807) is 19.2 Å². The number of nitrogens with one attached hydrogen (secondary N) is 2. The van der Waals surface area contributed by atoms with Crippen molar-refractivity contribution in [2.45, 2.75) is 25.4 Å². The van der Waals surface area contributed by atoms with Crippen molar-refractivity contribution in [2.75, 3.05) is 33.6 Å². The summed E-state index contributed by atoms with van der Waals surface area (Å²) in [5.74, 6) is -0.763. The number of benzene rings is 2. The molecular formula is C24H28N4O5. The van der Waals surface area contributed by atoms with E-state index in [0.717, 1.165) is 12.1 Å². The molecule has 0 aromatic heterocycles. The molecule has 1 fully saturated rings. The summed E-state index contributed by atoms with van der Waals surface area (Å²) in [7, 11) is 7.01. The van der Waals surface area contributed by atoms with Crippen LogP contribution < -0.4 is 15.4 Å². The number of piperidine rings is 1. The smallest absolute Gasteiger partial charge is 0.255 e. The van der Waals surface area contributed by atoms with Gasteiger partial charge in [-0.2, -0.15) is 0 Å². The predicted octanol–water partition coefficient (Wildman–Crippen LogP) is 2.19. The van der Waals surface area contributed by atoms with Crippen LogP contribution in [-0.4, -0.2) is 68.1 Å². The van der Waals surface area contributed by atoms with Gasteiger partial charge in [-0.05, 0) is 50.3 Å². The molecule has 0 radical (unpaired) electrons. The Kier molecular flexibility index (Phi) is 7.44. The third-order valence-corrected chi connectivity index (χ3v) is 5.49. The first-order valence-electron chi connectivity index (χ1n) is 10.5. The van der Waals surface area contributed by atoms with Gasteiger partial charge < -0.3 is 19.9 Å². The quantitative estimate of drug-likeness (QED) is 0.467. The van der Waals surface area contributed by atoms with Crippen LogP contribution in [0.1, 0.15) is 39.1 Å². The lowest BCUT2D eigenvalue weighted by Gasteiger charge is -2.30. The number of rotatable bonds is 8. The van der Waals surface area contributed by atoms with Gasteiger partial charge in [0.1, 0.15) is 11.8 Å². The molecular weight excluding hydrogens is 424 g/mol. The fourth-order valence-electron chi connectivity index (χ4n) is 3.82. The van der Waals surface area contributed by atoms with Gasteiger partial charge in [0.05, 0.1) is 23.9 Å². The van der Waals surface area contributed by atoms with E-state index in [9.17, 15) is 19.2 Å². The summed E-state index contributed by atoms with van der Waals surface area (Å²) in [5.41, 5.74) is 2.47. The van der Waals surface area contributed by atoms with E-state index >= 15 is 0 Å². The minimum absolute atomic E-state index is 0.153. The zero-order chi connectivity index (χ0) is 24.1. The van der Waals surface area contributed by atoms with E-state index in [1.165, 1.54) is 18.0 Å². The summed E-state index contributed by atoms with van der Waals surface area (Å²) < 4.78 is 5.51. The second-order valence-corrected chi connectivity index (χ2v) is 8.17. The number of hydrogen-bond donors (Lipinski definition) is 2. The SMILES string of the molecule is COc1cc(CN(C)C)ccc1Nc1cccc(C(=O)N(C)C2CCC(=O)NC2=O)c1C=O. The van der Waals surface area contributed by atoms with E-state index in [1.807, 2.05) is 37.2 Å². The van der Waals surface area contributed by atoms with Gasteiger partial charge in [-0.3, -0.25) is 24.5 Å². The summed E-state index contributed by atoms with van der Waals surface area (Å²) in [4.78, 5) is 52.1. The van der Waals surface area contributed by atoms with Crippen LogP contribution in [0.5, 0.6) is 5.75 Å². The van der Waals surface area contributed by atoms with Crippen molar-refractivity contribution >= 4 is 35.4 Å². The Morgan fingerprint density at radius 3 is 2.58 bits per heavy atom. The zero-order valence-corrected chi connectivity index (χ0v) is 19.2. The number of amides is 3. The fourth-order valence-corrected chi connectivity index (χ4v) is 3.82. The zero-order valence-electron chi connectivity index (χ0n) is 19.2. The van der Waals surface area contributed by atoms with Gasteiger partial charge in [0.25, 0.3) is 5.91 Å². The number of anilines is 2. The first-order chi connectivity index (χ1) is 15.7. The van der Waals surface area contributed by atoms with Gasteiger partial charge in [-0.25, -0.2) is 0 Å². The second-order valence-electron chi connectivity index (χ2n) is 8.17. The van der Waals surface area contributed by atoms with Crippen LogP contribution in [0.25, 0.3) is 0 Å². The molecule has 9 heteroatoms. The second kappa shape index (κ2) is 10.3. The largest absolute Gasteiger partial charge is 0.495 e. The molecule has 1 aliphatic heterocycles. The summed E-state index contributed by atoms with van der Waals surface area (Å²) in [6, 6.07) is 9.84. The number of aldehydes is 1. The van der Waals surface area contributed by atoms with Crippen molar-refractivity contribution in [3.63, 3.8) is 0 Å². The monoisotopic (exact) mass is 452 g/mol. The van der Waals surface area contributed by atoms with E-state index < -0.39 is 17.9 Å². The van der Waals surface area contributed by atoms with Crippen molar-refractivity contribution in [1.29, 1.82) is 0 Å². The molecule has 0 spiro atoms. The van der Waals surface area contributed by atoms with Crippen LogP contribution in [0.15, 0.2) is 36.4 Å². The first kappa shape index (κ1) is 23.9. The van der Waals surface area contributed by atoms with Crippen molar-refractivity contribution in [3.05, 3.63) is 53.1 Å². The van der Waals surface area contributed by atoms with Gasteiger partial charge in [-0.1, -0.05) is 12.1 Å². The standard InChI is InChI=1S/C24H28N4O5/c1-27(2)13-15-8-9-19(21(12-15)33-4)25-18-7-5-6-16(17(18)14-29)24(32)28(3)20-10-11-22(30)26-23(20)31/h5-9,12,14,20,25H,10-11,13H2,1-4H3,(H,26,30,31). The van der Waals surface area contributed by atoms with Crippen molar-refractivity contribution in [2.24, 2.45) is 0 Å². The number of likely N-dealkylation sites (N-methyl/N-ethyl adjacent to an activating group) is 1. The Bertz CT molecular complexity index is 1080. The van der Waals surface area contributed by atoms with E-state index in [2.05, 4.69) is 10.6 Å². The van der Waals surface area contributed by atoms with Crippen LogP contribution in [0, 0.1) is 0 Å². The van der Waals surface area contributed by atoms with Gasteiger partial charge in [0, 0.05) is 25.7 Å². The van der Waals surface area contributed by atoms with Crippen LogP contribution >= 0.6 is 0 Å². The number of carbonyl (C=O) groups excluding carboxylic acids is 4. The Morgan fingerprint density at radius 2 is 1.94 bits per heavy atom. The maximum absolute atomic E-state index is 13.2. The summed E-state index contributed by atoms with van der Waals surface area (Å²) in [6.07, 6.45) is 0.998. The van der Waals surface area contributed by atoms with Crippen molar-refractivity contribution in [3.8, 4) is 5.75 Å². The van der Waals surface area contributed by atoms with Crippen LogP contribution in [0.3, 0.4) is 0 Å². The van der Waals surface area contributed by atoms with Crippen molar-refractivity contribution < 1.29 is 23.9 Å². The Balaban J connectivity index is 1.89. The average molecular weight is 453 g/mol. The fraction of sp³-hybridized carbons (Fsp3) is 0.333. The molecule has 0 saturated carbocycles. The molecule has 2 aromatic rings. The molecule has 2 aromatic carbocycles. The van der Waals surface area contributed by atoms with Gasteiger partial charge in [-0.15, -0.1) is 0 Å². The number of methoxy groups -OCH3 is 1. The topological polar surface area (TPSA) is 108 Å². The lowest BCUT2D eigenvalue weighted by Crippen LogP contribution is -2.53. The number of nitrogens with zero attached hydrogens (tertiary/aromatic N) is 2. The highest BCUT2D eigenvalue weighted by molar-refractivity contribution is 6.07. The molecule has 3 amide bonds. The van der Waals surface area contributed by atoms with E-state index in [-0.39, 0.29) is 29.9 Å². The highest BCUT2D eigenvalue weighted by Gasteiger charge is 2.33. The maximum Gasteiger partial charge on any atom is 0.255 e. The molecule has 1 heterocycles. The number of ether oxygens (including phenoxy) is 1. The Hall–Kier alpha value is -3.72. The third-order valence-electron chi connectivity index (χ3n) is 5.49. The molecule has 1 aliphatic rings. The van der Waals surface area contributed by atoms with Crippen LogP contribution in [-0.2, 0) is 16.1 Å². The molecule has 33 heavy (non-hydrogen) atoms. The van der Waals surface area contributed by atoms with Gasteiger partial charge in [0.15, 0.2) is 6.29 Å². The highest BCUT2D eigenvalue weighted by Crippen LogP contribution is 2.31. The number of carbonyl (C=O) groups is 4. The molecule has 0 aliphatic carbocycles. The van der Waals surface area contributed by atoms with Gasteiger partial charge in [0.2, 0.25) is 11.8 Å². The van der Waals surface area contributed by atoms with Gasteiger partial charge >= 0.3 is 0 Å². The predicted molar refractivity (Wildman–Crippen MR) is 124 cm³/mol. The lowest BCUT2D eigenvalue weighted by atomic mass is 10.0. The molecule has 2 N–H and O–H groups in total. The van der Waals surface area contributed by atoms with E-state index in [4.69, 9.17) is 4.74 Å². The van der Waals surface area contributed by atoms with Crippen LogP contribution in [0.4, 0.5) is 11.4 Å². The minimum Gasteiger partial charge on any atom is -0.495 e. The summed E-state index contributed by atoms with van der Waals surface area (Å²) in [6.45, 7) is 0.743. The van der Waals surface area contributed by atoms with E-state index in [0.29, 0.717) is 23.4 Å². The highest BCUT2D eigenvalue weighted by atomic mass is 16.5. The Morgan fingerprint density at radius 1 is 1.18 bits per heavy atom. The molecule has 0 bridgehead atoms. The molecule has 1 atom stereocenters. The average Bonchev–Trinajstić information content (AvgIpc) is 2.78. The number of hydrogen-bond acceptors (Lipinski definition) is 7. The van der Waals surface area contributed by atoms with Crippen LogP contribution in [0.2, 0.25) is 0 Å². The third kappa shape index (κ3) is 5.38. The molecule has 1 unspecified atom stereocenters. The minimum atomic E-state index is -0.782. The maximum atomic E-state index is 13.2. The number of imide groups is 1. The molecule has 3 rings (SSSR count). The first-order valence-corrected chi connectivity index (χ1v) is 10.5. The molecule has 1 saturated heterocycles. The normalized spacial score (nSPS) is 15.7. The Labute approximate surface area is 192 Å². The molecule has 9 nitrogen and oxygen atoms in total. The summed E-state index contributed by atoms with van der Waals surface area (Å²) in [5, 5.41) is 5.43. The van der Waals surface area contributed by atoms with Crippen molar-refractivity contribution in [1.82, 2.24) is 15.1 Å². The summed E-state index contributed by atoms with van der Waals surface area (Å²) >= 11 is 0.